The van der Waals surface area contributed by atoms with Gasteiger partial charge in [0.2, 0.25) is 0 Å². The lowest BCUT2D eigenvalue weighted by Gasteiger charge is -2.35. The SMILES string of the molecule is CC(C)(C)c1ccc2c(n1)N[C@@]1(C)CCN2C1. The molecule has 0 amide bonds. The summed E-state index contributed by atoms with van der Waals surface area (Å²) in [5.74, 6) is 1.07. The van der Waals surface area contributed by atoms with Gasteiger partial charge in [-0.3, -0.25) is 0 Å². The summed E-state index contributed by atoms with van der Waals surface area (Å²) in [5.41, 5.74) is 2.77. The average Bonchev–Trinajstić information content (AvgIpc) is 2.53. The fourth-order valence-corrected chi connectivity index (χ4v) is 2.77. The van der Waals surface area contributed by atoms with Crippen molar-refractivity contribution in [1.29, 1.82) is 0 Å². The number of hydrogen-bond acceptors (Lipinski definition) is 3. The third-order valence-corrected chi connectivity index (χ3v) is 3.88. The van der Waals surface area contributed by atoms with Crippen LogP contribution < -0.4 is 10.2 Å². The molecule has 0 aliphatic carbocycles. The molecule has 0 aromatic carbocycles. The van der Waals surface area contributed by atoms with Gasteiger partial charge in [-0.15, -0.1) is 0 Å². The minimum Gasteiger partial charge on any atom is -0.366 e. The van der Waals surface area contributed by atoms with Crippen molar-refractivity contribution in [2.24, 2.45) is 0 Å². The van der Waals surface area contributed by atoms with Crippen molar-refractivity contribution in [2.75, 3.05) is 23.3 Å². The molecular formula is C14H21N3. The van der Waals surface area contributed by atoms with Crippen molar-refractivity contribution in [3.05, 3.63) is 17.8 Å². The Hall–Kier alpha value is -1.25. The molecule has 1 aromatic rings. The van der Waals surface area contributed by atoms with E-state index in [2.05, 4.69) is 50.0 Å². The number of aromatic nitrogens is 1. The fourth-order valence-electron chi connectivity index (χ4n) is 2.77. The van der Waals surface area contributed by atoms with Crippen LogP contribution in [0.15, 0.2) is 12.1 Å². The van der Waals surface area contributed by atoms with Crippen molar-refractivity contribution >= 4 is 11.5 Å². The predicted octanol–water partition coefficient (Wildman–Crippen LogP) is 2.77. The molecule has 2 aliphatic heterocycles. The van der Waals surface area contributed by atoms with Gasteiger partial charge in [0.1, 0.15) is 5.82 Å². The van der Waals surface area contributed by atoms with E-state index < -0.39 is 0 Å². The van der Waals surface area contributed by atoms with Gasteiger partial charge < -0.3 is 10.2 Å². The Labute approximate surface area is 103 Å². The summed E-state index contributed by atoms with van der Waals surface area (Å²) in [4.78, 5) is 7.27. The zero-order chi connectivity index (χ0) is 12.3. The van der Waals surface area contributed by atoms with Crippen molar-refractivity contribution in [2.45, 2.75) is 45.1 Å². The number of rotatable bonds is 0. The van der Waals surface area contributed by atoms with Gasteiger partial charge >= 0.3 is 0 Å². The van der Waals surface area contributed by atoms with E-state index in [1.165, 1.54) is 12.1 Å². The Morgan fingerprint density at radius 2 is 2.12 bits per heavy atom. The Morgan fingerprint density at radius 3 is 2.82 bits per heavy atom. The molecule has 3 rings (SSSR count). The van der Waals surface area contributed by atoms with Crippen LogP contribution >= 0.6 is 0 Å². The summed E-state index contributed by atoms with van der Waals surface area (Å²) in [6.45, 7) is 11.2. The molecule has 0 radical (unpaired) electrons. The molecule has 1 N–H and O–H groups in total. The van der Waals surface area contributed by atoms with E-state index >= 15 is 0 Å². The van der Waals surface area contributed by atoms with Crippen LogP contribution in [0.25, 0.3) is 0 Å². The van der Waals surface area contributed by atoms with E-state index in [9.17, 15) is 0 Å². The largest absolute Gasteiger partial charge is 0.366 e. The maximum atomic E-state index is 4.82. The first-order chi connectivity index (χ1) is 7.87. The molecular weight excluding hydrogens is 210 g/mol. The minimum atomic E-state index is 0.115. The van der Waals surface area contributed by atoms with E-state index in [0.29, 0.717) is 0 Å². The lowest BCUT2D eigenvalue weighted by molar-refractivity contribution is 0.549. The standard InChI is InChI=1S/C14H21N3/c1-13(2,3)11-6-5-10-12(15-11)16-14(4)7-8-17(10)9-14/h5-6H,7-9H2,1-4H3,(H,15,16)/t14-/m0/s1. The second kappa shape index (κ2) is 3.15. The molecule has 1 aromatic heterocycles. The summed E-state index contributed by atoms with van der Waals surface area (Å²) >= 11 is 0. The van der Waals surface area contributed by atoms with Crippen molar-refractivity contribution in [3.8, 4) is 0 Å². The zero-order valence-corrected chi connectivity index (χ0v) is 11.2. The van der Waals surface area contributed by atoms with Gasteiger partial charge in [-0.05, 0) is 25.5 Å². The van der Waals surface area contributed by atoms with E-state index in [-0.39, 0.29) is 11.0 Å². The minimum absolute atomic E-state index is 0.115. The van der Waals surface area contributed by atoms with Gasteiger partial charge in [0.15, 0.2) is 0 Å². The first-order valence-corrected chi connectivity index (χ1v) is 6.42. The Morgan fingerprint density at radius 1 is 1.35 bits per heavy atom. The molecule has 1 atom stereocenters. The van der Waals surface area contributed by atoms with E-state index in [1.807, 2.05) is 0 Å². The molecule has 92 valence electrons. The normalized spacial score (nSPS) is 26.7. The van der Waals surface area contributed by atoms with Crippen LogP contribution in [0.2, 0.25) is 0 Å². The fraction of sp³-hybridized carbons (Fsp3) is 0.643. The highest BCUT2D eigenvalue weighted by Gasteiger charge is 2.40. The van der Waals surface area contributed by atoms with Crippen molar-refractivity contribution in [1.82, 2.24) is 4.98 Å². The molecule has 3 heterocycles. The highest BCUT2D eigenvalue weighted by atomic mass is 15.3. The average molecular weight is 231 g/mol. The monoisotopic (exact) mass is 231 g/mol. The smallest absolute Gasteiger partial charge is 0.150 e. The lowest BCUT2D eigenvalue weighted by atomic mass is 9.91. The van der Waals surface area contributed by atoms with Crippen LogP contribution in [-0.4, -0.2) is 23.6 Å². The highest BCUT2D eigenvalue weighted by molar-refractivity contribution is 5.71. The third-order valence-electron chi connectivity index (χ3n) is 3.88. The Kier molecular flexibility index (Phi) is 2.02. The van der Waals surface area contributed by atoms with Crippen LogP contribution in [0, 0.1) is 0 Å². The number of nitrogens with zero attached hydrogens (tertiary/aromatic N) is 2. The first-order valence-electron chi connectivity index (χ1n) is 6.42. The summed E-state index contributed by atoms with van der Waals surface area (Å²) in [7, 11) is 0. The van der Waals surface area contributed by atoms with Gasteiger partial charge in [-0.1, -0.05) is 20.8 Å². The molecule has 17 heavy (non-hydrogen) atoms. The summed E-state index contributed by atoms with van der Waals surface area (Å²) in [6, 6.07) is 4.39. The zero-order valence-electron chi connectivity index (χ0n) is 11.2. The molecule has 3 heteroatoms. The molecule has 1 saturated heterocycles. The molecule has 1 fully saturated rings. The quantitative estimate of drug-likeness (QED) is 0.744. The topological polar surface area (TPSA) is 28.2 Å². The van der Waals surface area contributed by atoms with Gasteiger partial charge in [-0.2, -0.15) is 0 Å². The maximum absolute atomic E-state index is 4.82. The van der Waals surface area contributed by atoms with Crippen LogP contribution in [0.5, 0.6) is 0 Å². The third kappa shape index (κ3) is 1.68. The molecule has 3 nitrogen and oxygen atoms in total. The first kappa shape index (κ1) is 10.9. The number of nitrogens with one attached hydrogen (secondary N) is 1. The van der Waals surface area contributed by atoms with Crippen LogP contribution in [0.1, 0.15) is 39.8 Å². The number of hydrogen-bond donors (Lipinski definition) is 1. The van der Waals surface area contributed by atoms with E-state index in [4.69, 9.17) is 4.98 Å². The van der Waals surface area contributed by atoms with Crippen LogP contribution in [-0.2, 0) is 5.41 Å². The van der Waals surface area contributed by atoms with Crippen LogP contribution in [0.4, 0.5) is 11.5 Å². The maximum Gasteiger partial charge on any atom is 0.150 e. The van der Waals surface area contributed by atoms with E-state index in [0.717, 1.165) is 24.6 Å². The molecule has 2 aliphatic rings. The van der Waals surface area contributed by atoms with Crippen LogP contribution in [0.3, 0.4) is 0 Å². The summed E-state index contributed by atoms with van der Waals surface area (Å²) < 4.78 is 0. The van der Waals surface area contributed by atoms with Gasteiger partial charge in [-0.25, -0.2) is 4.98 Å². The second-order valence-electron chi connectivity index (χ2n) is 6.67. The van der Waals surface area contributed by atoms with Gasteiger partial charge in [0.25, 0.3) is 0 Å². The van der Waals surface area contributed by atoms with Gasteiger partial charge in [0, 0.05) is 24.2 Å². The highest BCUT2D eigenvalue weighted by Crippen LogP contribution is 2.40. The number of fused-ring (bicyclic) bond motifs is 4. The Bertz CT molecular complexity index is 461. The predicted molar refractivity (Wildman–Crippen MR) is 71.8 cm³/mol. The molecule has 2 bridgehead atoms. The summed E-state index contributed by atoms with van der Waals surface area (Å²) in [5, 5.41) is 3.62. The number of anilines is 2. The lowest BCUT2D eigenvalue weighted by Crippen LogP contribution is -2.42. The molecule has 0 spiro atoms. The van der Waals surface area contributed by atoms with Crippen molar-refractivity contribution in [3.63, 3.8) is 0 Å². The Balaban J connectivity index is 2.06. The molecule has 0 unspecified atom stereocenters. The van der Waals surface area contributed by atoms with Crippen molar-refractivity contribution < 1.29 is 0 Å². The second-order valence-corrected chi connectivity index (χ2v) is 6.67. The molecule has 0 saturated carbocycles. The summed E-state index contributed by atoms with van der Waals surface area (Å²) in [6.07, 6.45) is 1.20. The van der Waals surface area contributed by atoms with E-state index in [1.54, 1.807) is 0 Å². The number of pyridine rings is 1. The van der Waals surface area contributed by atoms with Gasteiger partial charge in [0.05, 0.1) is 11.2 Å².